The van der Waals surface area contributed by atoms with E-state index in [9.17, 15) is 9.59 Å². The lowest BCUT2D eigenvalue weighted by Crippen LogP contribution is -2.38. The average molecular weight is 538 g/mol. The summed E-state index contributed by atoms with van der Waals surface area (Å²) in [5, 5.41) is 3.31. The Bertz CT molecular complexity index is 1170. The lowest BCUT2D eigenvalue weighted by molar-refractivity contribution is -0.127. The van der Waals surface area contributed by atoms with Crippen molar-refractivity contribution in [3.05, 3.63) is 76.2 Å². The van der Waals surface area contributed by atoms with Crippen LogP contribution in [-0.2, 0) is 18.3 Å². The van der Waals surface area contributed by atoms with Gasteiger partial charge in [0.25, 0.3) is 0 Å². The summed E-state index contributed by atoms with van der Waals surface area (Å²) in [6, 6.07) is 16.9. The molecule has 8 heteroatoms. The molecule has 0 spiro atoms. The Morgan fingerprint density at radius 3 is 2.34 bits per heavy atom. The third kappa shape index (κ3) is 5.82. The number of amides is 2. The molecular formula is C27H32BrN5O2. The van der Waals surface area contributed by atoms with Gasteiger partial charge >= 0.3 is 0 Å². The number of carbonyl (C=O) groups is 2. The molecule has 1 aliphatic rings. The molecule has 0 bridgehead atoms. The van der Waals surface area contributed by atoms with E-state index in [0.29, 0.717) is 24.4 Å². The van der Waals surface area contributed by atoms with Crippen LogP contribution in [-0.4, -0.2) is 27.9 Å². The highest BCUT2D eigenvalue weighted by Crippen LogP contribution is 2.33. The predicted molar refractivity (Wildman–Crippen MR) is 140 cm³/mol. The number of rotatable bonds is 8. The van der Waals surface area contributed by atoms with Crippen molar-refractivity contribution >= 4 is 27.7 Å². The maximum atomic E-state index is 13.3. The molecule has 2 aromatic carbocycles. The fraction of sp³-hybridized carbons (Fsp3) is 0.370. The molecule has 1 saturated carbocycles. The van der Waals surface area contributed by atoms with Gasteiger partial charge in [-0.05, 0) is 78.2 Å². The smallest absolute Gasteiger partial charge is 0.248 e. The van der Waals surface area contributed by atoms with Crippen LogP contribution in [0.1, 0.15) is 53.5 Å². The monoisotopic (exact) mass is 537 g/mol. The normalized spacial score (nSPS) is 18.7. The molecule has 3 aromatic rings. The van der Waals surface area contributed by atoms with Crippen molar-refractivity contribution in [2.75, 3.05) is 6.54 Å². The summed E-state index contributed by atoms with van der Waals surface area (Å²) in [6.07, 6.45) is 4.36. The van der Waals surface area contributed by atoms with Gasteiger partial charge in [-0.1, -0.05) is 42.5 Å². The number of imidazole rings is 1. The molecule has 7 nitrogen and oxygen atoms in total. The largest absolute Gasteiger partial charge is 0.366 e. The third-order valence-corrected chi connectivity index (χ3v) is 7.87. The van der Waals surface area contributed by atoms with Crippen LogP contribution in [0.25, 0.3) is 11.3 Å². The van der Waals surface area contributed by atoms with Crippen LogP contribution < -0.4 is 16.8 Å². The number of primary amides is 1. The fourth-order valence-electron chi connectivity index (χ4n) is 4.79. The first kappa shape index (κ1) is 25.1. The topological polar surface area (TPSA) is 116 Å². The molecule has 1 aromatic heterocycles. The lowest BCUT2D eigenvalue weighted by Gasteiger charge is -2.28. The second kappa shape index (κ2) is 11.2. The van der Waals surface area contributed by atoms with Crippen molar-refractivity contribution in [2.45, 2.75) is 38.1 Å². The summed E-state index contributed by atoms with van der Waals surface area (Å²) >= 11 is 3.68. The molecule has 0 aliphatic heterocycles. The molecule has 1 atom stereocenters. The van der Waals surface area contributed by atoms with E-state index in [1.165, 1.54) is 0 Å². The summed E-state index contributed by atoms with van der Waals surface area (Å²) in [5.74, 6) is 0.892. The number of halogens is 1. The minimum Gasteiger partial charge on any atom is -0.366 e. The van der Waals surface area contributed by atoms with Gasteiger partial charge in [-0.15, -0.1) is 0 Å². The van der Waals surface area contributed by atoms with Crippen molar-refractivity contribution < 1.29 is 9.59 Å². The number of aromatic nitrogens is 2. The van der Waals surface area contributed by atoms with Gasteiger partial charge in [-0.2, -0.15) is 0 Å². The molecule has 1 aliphatic carbocycles. The standard InChI is InChI=1S/C27H32BrN5O2/c1-33-24(28)23(19-11-13-20(14-12-19)25(30)34)32-26(33)22(15-17-5-3-2-4-6-17)31-27(35)21-9-7-18(16-29)8-10-21/h2-6,11-14,18,21-22H,7-10,15-16,29H2,1H3,(H2,30,34)(H,31,35)/t18?,21?,22-/m0/s1. The molecular weight excluding hydrogens is 506 g/mol. The van der Waals surface area contributed by atoms with E-state index in [1.807, 2.05) is 41.9 Å². The minimum absolute atomic E-state index is 0.000553. The molecule has 5 N–H and O–H groups in total. The Balaban J connectivity index is 1.62. The number of carbonyl (C=O) groups excluding carboxylic acids is 2. The first-order chi connectivity index (χ1) is 16.9. The molecule has 35 heavy (non-hydrogen) atoms. The van der Waals surface area contributed by atoms with E-state index >= 15 is 0 Å². The minimum atomic E-state index is -0.469. The van der Waals surface area contributed by atoms with Crippen LogP contribution in [0.5, 0.6) is 0 Å². The number of hydrogen-bond donors (Lipinski definition) is 3. The van der Waals surface area contributed by atoms with Crippen LogP contribution in [0, 0.1) is 11.8 Å². The zero-order valence-electron chi connectivity index (χ0n) is 19.9. The van der Waals surface area contributed by atoms with Gasteiger partial charge in [0.05, 0.1) is 6.04 Å². The Labute approximate surface area is 214 Å². The van der Waals surface area contributed by atoms with E-state index < -0.39 is 5.91 Å². The maximum absolute atomic E-state index is 13.3. The van der Waals surface area contributed by atoms with Crippen molar-refractivity contribution in [1.29, 1.82) is 0 Å². The molecule has 184 valence electrons. The van der Waals surface area contributed by atoms with E-state index in [2.05, 4.69) is 33.4 Å². The second-order valence-electron chi connectivity index (χ2n) is 9.31. The van der Waals surface area contributed by atoms with Crippen LogP contribution in [0.2, 0.25) is 0 Å². The predicted octanol–water partition coefficient (Wildman–Crippen LogP) is 4.11. The van der Waals surface area contributed by atoms with E-state index in [-0.39, 0.29) is 17.9 Å². The fourth-order valence-corrected chi connectivity index (χ4v) is 5.29. The quantitative estimate of drug-likeness (QED) is 0.400. The SMILES string of the molecule is Cn1c([C@H](Cc2ccccc2)NC(=O)C2CCC(CN)CC2)nc(-c2ccc(C(N)=O)cc2)c1Br. The summed E-state index contributed by atoms with van der Waals surface area (Å²) < 4.78 is 2.77. The number of benzene rings is 2. The number of nitrogens with one attached hydrogen (secondary N) is 1. The highest BCUT2D eigenvalue weighted by molar-refractivity contribution is 9.10. The average Bonchev–Trinajstić information content (AvgIpc) is 3.18. The Morgan fingerprint density at radius 2 is 1.74 bits per heavy atom. The van der Waals surface area contributed by atoms with Crippen LogP contribution in [0.4, 0.5) is 0 Å². The Hall–Kier alpha value is -2.97. The summed E-state index contributed by atoms with van der Waals surface area (Å²) in [5.41, 5.74) is 14.4. The van der Waals surface area contributed by atoms with E-state index in [0.717, 1.165) is 52.9 Å². The first-order valence-corrected chi connectivity index (χ1v) is 12.8. The van der Waals surface area contributed by atoms with Gasteiger partial charge in [0.15, 0.2) is 0 Å². The Kier molecular flexibility index (Phi) is 8.03. The Morgan fingerprint density at radius 1 is 1.09 bits per heavy atom. The molecule has 1 heterocycles. The highest BCUT2D eigenvalue weighted by atomic mass is 79.9. The zero-order chi connectivity index (χ0) is 24.9. The maximum Gasteiger partial charge on any atom is 0.248 e. The van der Waals surface area contributed by atoms with Crippen LogP contribution >= 0.6 is 15.9 Å². The molecule has 0 radical (unpaired) electrons. The van der Waals surface area contributed by atoms with Crippen molar-refractivity contribution in [3.63, 3.8) is 0 Å². The summed E-state index contributed by atoms with van der Waals surface area (Å²) in [7, 11) is 1.93. The molecule has 0 saturated heterocycles. The molecule has 0 unspecified atom stereocenters. The lowest BCUT2D eigenvalue weighted by atomic mass is 9.81. The zero-order valence-corrected chi connectivity index (χ0v) is 21.5. The van der Waals surface area contributed by atoms with E-state index in [4.69, 9.17) is 16.5 Å². The van der Waals surface area contributed by atoms with E-state index in [1.54, 1.807) is 12.1 Å². The molecule has 4 rings (SSSR count). The van der Waals surface area contributed by atoms with Gasteiger partial charge in [-0.3, -0.25) is 9.59 Å². The first-order valence-electron chi connectivity index (χ1n) is 12.0. The van der Waals surface area contributed by atoms with Crippen molar-refractivity contribution in [2.24, 2.45) is 30.4 Å². The van der Waals surface area contributed by atoms with Crippen molar-refractivity contribution in [3.8, 4) is 11.3 Å². The van der Waals surface area contributed by atoms with Gasteiger partial charge in [-0.25, -0.2) is 4.98 Å². The highest BCUT2D eigenvalue weighted by Gasteiger charge is 2.29. The number of nitrogens with two attached hydrogens (primary N) is 2. The van der Waals surface area contributed by atoms with Crippen LogP contribution in [0.15, 0.2) is 59.2 Å². The molecule has 1 fully saturated rings. The van der Waals surface area contributed by atoms with Crippen LogP contribution in [0.3, 0.4) is 0 Å². The van der Waals surface area contributed by atoms with Gasteiger partial charge in [0, 0.05) is 24.1 Å². The van der Waals surface area contributed by atoms with Crippen molar-refractivity contribution in [1.82, 2.24) is 14.9 Å². The summed E-state index contributed by atoms with van der Waals surface area (Å²) in [6.45, 7) is 0.690. The number of hydrogen-bond acceptors (Lipinski definition) is 4. The summed E-state index contributed by atoms with van der Waals surface area (Å²) in [4.78, 5) is 29.7. The second-order valence-corrected chi connectivity index (χ2v) is 10.1. The third-order valence-electron chi connectivity index (χ3n) is 6.96. The molecule has 2 amide bonds. The number of nitrogens with zero attached hydrogens (tertiary/aromatic N) is 2. The van der Waals surface area contributed by atoms with Gasteiger partial charge in [0.2, 0.25) is 11.8 Å². The van der Waals surface area contributed by atoms with Gasteiger partial charge in [0.1, 0.15) is 16.1 Å². The van der Waals surface area contributed by atoms with Gasteiger partial charge < -0.3 is 21.4 Å².